The van der Waals surface area contributed by atoms with Gasteiger partial charge >= 0.3 is 0 Å². The Labute approximate surface area is 122 Å². The van der Waals surface area contributed by atoms with E-state index in [9.17, 15) is 0 Å². The topological polar surface area (TPSA) is 50.9 Å². The van der Waals surface area contributed by atoms with Crippen LogP contribution in [0.5, 0.6) is 0 Å². The Morgan fingerprint density at radius 3 is 2.55 bits per heavy atom. The second-order valence-electron chi connectivity index (χ2n) is 4.42. The van der Waals surface area contributed by atoms with Gasteiger partial charge in [-0.05, 0) is 23.6 Å². The maximum absolute atomic E-state index is 5.61. The lowest BCUT2D eigenvalue weighted by atomic mass is 10.1. The second-order valence-corrected chi connectivity index (χ2v) is 4.86. The van der Waals surface area contributed by atoms with Crippen molar-refractivity contribution in [3.8, 4) is 0 Å². The highest BCUT2D eigenvalue weighted by Crippen LogP contribution is 2.25. The van der Waals surface area contributed by atoms with Gasteiger partial charge in [0, 0.05) is 11.1 Å². The van der Waals surface area contributed by atoms with E-state index in [0.29, 0.717) is 10.7 Å². The fourth-order valence-electron chi connectivity index (χ4n) is 2.11. The first-order valence-corrected chi connectivity index (χ1v) is 6.66. The number of pyridine rings is 1. The zero-order valence-corrected chi connectivity index (χ0v) is 11.5. The molecule has 0 unspecified atom stereocenters. The molecule has 0 saturated heterocycles. The molecule has 0 saturated carbocycles. The average Bonchev–Trinajstić information content (AvgIpc) is 2.48. The molecule has 0 radical (unpaired) electrons. The van der Waals surface area contributed by atoms with Gasteiger partial charge < -0.3 is 11.1 Å². The van der Waals surface area contributed by atoms with Crippen molar-refractivity contribution in [2.45, 2.75) is 0 Å². The number of hydrogen-bond acceptors (Lipinski definition) is 3. The first-order chi connectivity index (χ1) is 9.74. The fourth-order valence-corrected chi connectivity index (χ4v) is 2.23. The summed E-state index contributed by atoms with van der Waals surface area (Å²) in [5.41, 5.74) is 7.23. The third kappa shape index (κ3) is 2.46. The number of nitrogens with zero attached hydrogens (tertiary/aromatic N) is 1. The zero-order valence-electron chi connectivity index (χ0n) is 10.7. The number of nitrogens with two attached hydrogens (primary N) is 1. The number of fused-ring (bicyclic) bond motifs is 1. The van der Waals surface area contributed by atoms with Gasteiger partial charge in [0.15, 0.2) is 0 Å². The van der Waals surface area contributed by atoms with Gasteiger partial charge in [-0.25, -0.2) is 4.98 Å². The van der Waals surface area contributed by atoms with E-state index in [-0.39, 0.29) is 0 Å². The van der Waals surface area contributed by atoms with Gasteiger partial charge in [-0.15, -0.1) is 0 Å². The van der Waals surface area contributed by atoms with Crippen LogP contribution in [0.1, 0.15) is 5.69 Å². The van der Waals surface area contributed by atoms with Crippen molar-refractivity contribution >= 4 is 39.5 Å². The summed E-state index contributed by atoms with van der Waals surface area (Å²) in [5.74, 6) is 0.728. The van der Waals surface area contributed by atoms with Crippen LogP contribution in [-0.2, 0) is 0 Å². The van der Waals surface area contributed by atoms with Crippen LogP contribution < -0.4 is 11.1 Å². The molecular formula is C16H13N3S. The molecule has 2 aromatic carbocycles. The molecular weight excluding hydrogens is 266 g/mol. The molecule has 1 aromatic heterocycles. The molecule has 0 amide bonds. The molecule has 3 rings (SSSR count). The minimum atomic E-state index is 0.298. The van der Waals surface area contributed by atoms with Gasteiger partial charge in [-0.3, -0.25) is 0 Å². The Bertz CT molecular complexity index is 778. The first-order valence-electron chi connectivity index (χ1n) is 6.26. The van der Waals surface area contributed by atoms with Crippen LogP contribution >= 0.6 is 12.2 Å². The van der Waals surface area contributed by atoms with E-state index in [0.717, 1.165) is 16.9 Å². The number of thiocarbonyl (C=S) groups is 1. The molecule has 0 aliphatic heterocycles. The summed E-state index contributed by atoms with van der Waals surface area (Å²) < 4.78 is 0. The lowest BCUT2D eigenvalue weighted by Gasteiger charge is -2.10. The van der Waals surface area contributed by atoms with Crippen LogP contribution in [0, 0.1) is 0 Å². The normalized spacial score (nSPS) is 10.4. The summed E-state index contributed by atoms with van der Waals surface area (Å²) in [4.78, 5) is 4.69. The highest BCUT2D eigenvalue weighted by atomic mass is 32.1. The first kappa shape index (κ1) is 12.6. The Balaban J connectivity index is 2.01. The lowest BCUT2D eigenvalue weighted by molar-refractivity contribution is 1.28. The van der Waals surface area contributed by atoms with Gasteiger partial charge in [0.05, 0.1) is 5.69 Å². The van der Waals surface area contributed by atoms with Crippen LogP contribution in [0.25, 0.3) is 10.8 Å². The van der Waals surface area contributed by atoms with Gasteiger partial charge in [0.25, 0.3) is 0 Å². The number of nitrogens with one attached hydrogen (secondary N) is 1. The predicted octanol–water partition coefficient (Wildman–Crippen LogP) is 3.61. The maximum atomic E-state index is 5.61. The molecule has 0 aliphatic rings. The van der Waals surface area contributed by atoms with Gasteiger partial charge in [-0.1, -0.05) is 54.7 Å². The number of rotatable bonds is 3. The summed E-state index contributed by atoms with van der Waals surface area (Å²) in [6.07, 6.45) is 0. The minimum absolute atomic E-state index is 0.298. The van der Waals surface area contributed by atoms with Crippen LogP contribution in [0.2, 0.25) is 0 Å². The van der Waals surface area contributed by atoms with E-state index in [4.69, 9.17) is 18.0 Å². The molecule has 20 heavy (non-hydrogen) atoms. The standard InChI is InChI=1S/C16H13N3S/c17-16(20)14-9-4-10-15(19-14)18-13-8-3-6-11-5-1-2-7-12(11)13/h1-10H,(H2,17,20)(H,18,19). The highest BCUT2D eigenvalue weighted by molar-refractivity contribution is 7.80. The average molecular weight is 279 g/mol. The highest BCUT2D eigenvalue weighted by Gasteiger charge is 2.03. The molecule has 3 N–H and O–H groups in total. The predicted molar refractivity (Wildman–Crippen MR) is 87.4 cm³/mol. The number of hydrogen-bond donors (Lipinski definition) is 2. The summed E-state index contributed by atoms with van der Waals surface area (Å²) in [6, 6.07) is 19.9. The summed E-state index contributed by atoms with van der Waals surface area (Å²) in [6.45, 7) is 0. The van der Waals surface area contributed by atoms with Crippen molar-refractivity contribution in [2.75, 3.05) is 5.32 Å². The summed E-state index contributed by atoms with van der Waals surface area (Å²) in [5, 5.41) is 5.65. The smallest absolute Gasteiger partial charge is 0.131 e. The molecule has 0 aliphatic carbocycles. The van der Waals surface area contributed by atoms with Crippen molar-refractivity contribution in [3.63, 3.8) is 0 Å². The van der Waals surface area contributed by atoms with Gasteiger partial charge in [0.1, 0.15) is 10.8 Å². The number of aromatic nitrogens is 1. The monoisotopic (exact) mass is 279 g/mol. The Morgan fingerprint density at radius 2 is 1.70 bits per heavy atom. The van der Waals surface area contributed by atoms with E-state index in [2.05, 4.69) is 28.5 Å². The minimum Gasteiger partial charge on any atom is -0.388 e. The van der Waals surface area contributed by atoms with Gasteiger partial charge in [0.2, 0.25) is 0 Å². The summed E-state index contributed by atoms with van der Waals surface area (Å²) >= 11 is 4.95. The molecule has 1 heterocycles. The van der Waals surface area contributed by atoms with E-state index < -0.39 is 0 Å². The molecule has 3 aromatic rings. The second kappa shape index (κ2) is 5.27. The van der Waals surface area contributed by atoms with Crippen molar-refractivity contribution in [3.05, 3.63) is 66.4 Å². The van der Waals surface area contributed by atoms with Crippen LogP contribution in [-0.4, -0.2) is 9.97 Å². The Kier molecular flexibility index (Phi) is 3.31. The molecule has 0 fully saturated rings. The van der Waals surface area contributed by atoms with Crippen molar-refractivity contribution in [2.24, 2.45) is 5.73 Å². The van der Waals surface area contributed by atoms with Crippen LogP contribution in [0.3, 0.4) is 0 Å². The Hall–Kier alpha value is -2.46. The molecule has 0 spiro atoms. The largest absolute Gasteiger partial charge is 0.388 e. The van der Waals surface area contributed by atoms with Crippen molar-refractivity contribution in [1.82, 2.24) is 4.98 Å². The van der Waals surface area contributed by atoms with E-state index >= 15 is 0 Å². The summed E-state index contributed by atoms with van der Waals surface area (Å²) in [7, 11) is 0. The van der Waals surface area contributed by atoms with Crippen molar-refractivity contribution in [1.29, 1.82) is 0 Å². The third-order valence-electron chi connectivity index (χ3n) is 3.05. The molecule has 3 nitrogen and oxygen atoms in total. The Morgan fingerprint density at radius 1 is 0.950 bits per heavy atom. The zero-order chi connectivity index (χ0) is 13.9. The lowest BCUT2D eigenvalue weighted by Crippen LogP contribution is -2.12. The molecule has 98 valence electrons. The van der Waals surface area contributed by atoms with E-state index in [1.165, 1.54) is 5.39 Å². The third-order valence-corrected chi connectivity index (χ3v) is 3.26. The SMILES string of the molecule is NC(=S)c1cccc(Nc2cccc3ccccc23)n1. The molecule has 4 heteroatoms. The number of anilines is 2. The van der Waals surface area contributed by atoms with Crippen LogP contribution in [0.4, 0.5) is 11.5 Å². The quantitative estimate of drug-likeness (QED) is 0.719. The molecule has 0 atom stereocenters. The molecule has 0 bridgehead atoms. The number of benzene rings is 2. The fraction of sp³-hybridized carbons (Fsp3) is 0. The van der Waals surface area contributed by atoms with Crippen molar-refractivity contribution < 1.29 is 0 Å². The van der Waals surface area contributed by atoms with Crippen LogP contribution in [0.15, 0.2) is 60.7 Å². The maximum Gasteiger partial charge on any atom is 0.131 e. The van der Waals surface area contributed by atoms with E-state index in [1.54, 1.807) is 6.07 Å². The van der Waals surface area contributed by atoms with Gasteiger partial charge in [-0.2, -0.15) is 0 Å². The van der Waals surface area contributed by atoms with E-state index in [1.807, 2.05) is 36.4 Å².